The number of rotatable bonds is 4. The fraction of sp³-hybridized carbons (Fsp3) is 0.0526. The molecule has 6 nitrogen and oxygen atoms in total. The SMILES string of the molecule is Cc1ccc(S(=O)(=O)OC(=O)c2ccc3ccc(C(=O)O)cc3c2)cc1. The van der Waals surface area contributed by atoms with Gasteiger partial charge in [-0.1, -0.05) is 29.8 Å². The van der Waals surface area contributed by atoms with Gasteiger partial charge < -0.3 is 9.29 Å². The minimum atomic E-state index is -4.24. The van der Waals surface area contributed by atoms with Gasteiger partial charge in [-0.15, -0.1) is 0 Å². The summed E-state index contributed by atoms with van der Waals surface area (Å²) in [7, 11) is -4.24. The van der Waals surface area contributed by atoms with Crippen molar-refractivity contribution in [3.05, 3.63) is 77.4 Å². The number of hydrogen-bond acceptors (Lipinski definition) is 5. The van der Waals surface area contributed by atoms with Crippen molar-refractivity contribution in [1.29, 1.82) is 0 Å². The van der Waals surface area contributed by atoms with E-state index in [-0.39, 0.29) is 16.0 Å². The summed E-state index contributed by atoms with van der Waals surface area (Å²) in [5.74, 6) is -2.13. The second-order valence-corrected chi connectivity index (χ2v) is 7.27. The first-order chi connectivity index (χ1) is 12.3. The van der Waals surface area contributed by atoms with Gasteiger partial charge in [0.2, 0.25) is 0 Å². The Labute approximate surface area is 149 Å². The van der Waals surface area contributed by atoms with E-state index in [0.717, 1.165) is 5.56 Å². The number of aromatic carboxylic acids is 1. The Kier molecular flexibility index (Phi) is 4.48. The zero-order valence-corrected chi connectivity index (χ0v) is 14.5. The number of benzene rings is 3. The normalized spacial score (nSPS) is 11.3. The largest absolute Gasteiger partial charge is 0.478 e. The van der Waals surface area contributed by atoms with Crippen LogP contribution >= 0.6 is 0 Å². The molecule has 0 atom stereocenters. The zero-order valence-electron chi connectivity index (χ0n) is 13.7. The van der Waals surface area contributed by atoms with Gasteiger partial charge in [-0.2, -0.15) is 8.42 Å². The molecule has 26 heavy (non-hydrogen) atoms. The van der Waals surface area contributed by atoms with Gasteiger partial charge in [0.15, 0.2) is 0 Å². The Balaban J connectivity index is 1.91. The van der Waals surface area contributed by atoms with Gasteiger partial charge in [0, 0.05) is 0 Å². The lowest BCUT2D eigenvalue weighted by atomic mass is 10.0. The van der Waals surface area contributed by atoms with E-state index in [1.54, 1.807) is 24.3 Å². The van der Waals surface area contributed by atoms with Crippen LogP contribution in [0.25, 0.3) is 10.8 Å². The smallest absolute Gasteiger partial charge is 0.354 e. The van der Waals surface area contributed by atoms with Crippen LogP contribution in [0.4, 0.5) is 0 Å². The van der Waals surface area contributed by atoms with Crippen LogP contribution < -0.4 is 0 Å². The number of hydrogen-bond donors (Lipinski definition) is 1. The average Bonchev–Trinajstić information content (AvgIpc) is 2.60. The summed E-state index contributed by atoms with van der Waals surface area (Å²) < 4.78 is 29.1. The monoisotopic (exact) mass is 370 g/mol. The van der Waals surface area contributed by atoms with Crippen LogP contribution in [-0.4, -0.2) is 25.5 Å². The topological polar surface area (TPSA) is 97.7 Å². The lowest BCUT2D eigenvalue weighted by Crippen LogP contribution is -2.13. The minimum Gasteiger partial charge on any atom is -0.478 e. The van der Waals surface area contributed by atoms with Gasteiger partial charge in [0.1, 0.15) is 4.90 Å². The number of carbonyl (C=O) groups excluding carboxylic acids is 1. The average molecular weight is 370 g/mol. The van der Waals surface area contributed by atoms with Crippen LogP contribution in [-0.2, 0) is 14.3 Å². The molecule has 0 bridgehead atoms. The predicted octanol–water partition coefficient (Wildman–Crippen LogP) is 3.39. The van der Waals surface area contributed by atoms with E-state index >= 15 is 0 Å². The molecule has 0 aromatic heterocycles. The van der Waals surface area contributed by atoms with Gasteiger partial charge in [0.25, 0.3) is 0 Å². The highest BCUT2D eigenvalue weighted by atomic mass is 32.2. The fourth-order valence-corrected chi connectivity index (χ4v) is 3.27. The summed E-state index contributed by atoms with van der Waals surface area (Å²) in [6, 6.07) is 14.8. The number of carbonyl (C=O) groups is 2. The first-order valence-electron chi connectivity index (χ1n) is 7.59. The number of carboxylic acids is 1. The summed E-state index contributed by atoms with van der Waals surface area (Å²) in [5, 5.41) is 10.3. The molecule has 3 aromatic carbocycles. The molecule has 0 aliphatic rings. The van der Waals surface area contributed by atoms with Gasteiger partial charge in [0.05, 0.1) is 11.1 Å². The lowest BCUT2D eigenvalue weighted by molar-refractivity contribution is 0.0695. The van der Waals surface area contributed by atoms with Gasteiger partial charge in [-0.05, 0) is 54.1 Å². The highest BCUT2D eigenvalue weighted by Gasteiger charge is 2.21. The quantitative estimate of drug-likeness (QED) is 0.707. The van der Waals surface area contributed by atoms with Gasteiger partial charge in [-0.25, -0.2) is 9.59 Å². The van der Waals surface area contributed by atoms with Crippen molar-refractivity contribution in [1.82, 2.24) is 0 Å². The van der Waals surface area contributed by atoms with Crippen molar-refractivity contribution in [2.45, 2.75) is 11.8 Å². The highest BCUT2D eigenvalue weighted by Crippen LogP contribution is 2.21. The molecule has 0 aliphatic carbocycles. The number of aryl methyl sites for hydroxylation is 1. The molecule has 0 saturated carbocycles. The van der Waals surface area contributed by atoms with Gasteiger partial charge >= 0.3 is 22.1 Å². The highest BCUT2D eigenvalue weighted by molar-refractivity contribution is 7.87. The first-order valence-corrected chi connectivity index (χ1v) is 9.00. The molecule has 0 fully saturated rings. The fourth-order valence-electron chi connectivity index (χ4n) is 2.41. The van der Waals surface area contributed by atoms with E-state index in [1.807, 2.05) is 6.92 Å². The second-order valence-electron chi connectivity index (χ2n) is 5.72. The minimum absolute atomic E-state index is 0.00993. The van der Waals surface area contributed by atoms with Crippen LogP contribution in [0.1, 0.15) is 26.3 Å². The van der Waals surface area contributed by atoms with Crippen LogP contribution in [0.2, 0.25) is 0 Å². The van der Waals surface area contributed by atoms with Crippen LogP contribution in [0.5, 0.6) is 0 Å². The van der Waals surface area contributed by atoms with E-state index in [4.69, 9.17) is 9.29 Å². The molecular formula is C19H14O6S. The van der Waals surface area contributed by atoms with Crippen molar-refractivity contribution in [2.75, 3.05) is 0 Å². The Morgan fingerprint density at radius 2 is 1.42 bits per heavy atom. The van der Waals surface area contributed by atoms with Crippen molar-refractivity contribution in [3.63, 3.8) is 0 Å². The maximum Gasteiger partial charge on any atom is 0.354 e. The molecule has 132 valence electrons. The summed E-state index contributed by atoms with van der Waals surface area (Å²) in [6.45, 7) is 1.81. The lowest BCUT2D eigenvalue weighted by Gasteiger charge is -2.07. The van der Waals surface area contributed by atoms with E-state index in [0.29, 0.717) is 10.8 Å². The molecule has 0 spiro atoms. The van der Waals surface area contributed by atoms with E-state index in [2.05, 4.69) is 0 Å². The molecule has 0 saturated heterocycles. The van der Waals surface area contributed by atoms with E-state index in [1.165, 1.54) is 36.4 Å². The Bertz CT molecular complexity index is 1110. The third-order valence-corrected chi connectivity index (χ3v) is 5.04. The maximum absolute atomic E-state index is 12.2. The summed E-state index contributed by atoms with van der Waals surface area (Å²) in [5.41, 5.74) is 0.949. The van der Waals surface area contributed by atoms with Crippen molar-refractivity contribution in [3.8, 4) is 0 Å². The van der Waals surface area contributed by atoms with Crippen molar-refractivity contribution < 1.29 is 27.3 Å². The molecular weight excluding hydrogens is 356 g/mol. The molecule has 7 heteroatoms. The Hall–Kier alpha value is -3.19. The molecule has 0 amide bonds. The van der Waals surface area contributed by atoms with Crippen LogP contribution in [0.15, 0.2) is 65.6 Å². The number of fused-ring (bicyclic) bond motifs is 1. The zero-order chi connectivity index (χ0) is 18.9. The molecule has 3 rings (SSSR count). The third kappa shape index (κ3) is 3.57. The molecule has 0 heterocycles. The van der Waals surface area contributed by atoms with Crippen LogP contribution in [0.3, 0.4) is 0 Å². The van der Waals surface area contributed by atoms with E-state index in [9.17, 15) is 18.0 Å². The standard InChI is InChI=1S/C19H14O6S/c1-12-2-8-17(9-3-12)26(23,24)25-19(22)15-7-5-13-4-6-14(18(20)21)10-16(13)11-15/h2-11H,1H3,(H,20,21). The van der Waals surface area contributed by atoms with Crippen LogP contribution in [0, 0.1) is 6.92 Å². The Morgan fingerprint density at radius 3 is 2.04 bits per heavy atom. The molecule has 1 N–H and O–H groups in total. The molecule has 0 unspecified atom stereocenters. The Morgan fingerprint density at radius 1 is 0.846 bits per heavy atom. The first kappa shape index (κ1) is 17.6. The summed E-state index contributed by atoms with van der Waals surface area (Å²) in [4.78, 5) is 23.2. The summed E-state index contributed by atoms with van der Waals surface area (Å²) in [6.07, 6.45) is 0. The van der Waals surface area contributed by atoms with Crippen molar-refractivity contribution >= 4 is 32.8 Å². The van der Waals surface area contributed by atoms with Crippen molar-refractivity contribution in [2.24, 2.45) is 0 Å². The maximum atomic E-state index is 12.2. The summed E-state index contributed by atoms with van der Waals surface area (Å²) >= 11 is 0. The number of carboxylic acid groups (broad SMARTS) is 1. The predicted molar refractivity (Wildman–Crippen MR) is 94.7 cm³/mol. The third-order valence-electron chi connectivity index (χ3n) is 3.82. The second kappa shape index (κ2) is 6.61. The van der Waals surface area contributed by atoms with E-state index < -0.39 is 22.1 Å². The van der Waals surface area contributed by atoms with Gasteiger partial charge in [-0.3, -0.25) is 0 Å². The molecule has 3 aromatic rings. The molecule has 0 radical (unpaired) electrons. The molecule has 0 aliphatic heterocycles.